The number of hydrogen-bond acceptors (Lipinski definition) is 2. The van der Waals surface area contributed by atoms with E-state index in [9.17, 15) is 0 Å². The number of hydrogen-bond donors (Lipinski definition) is 1. The Bertz CT molecular complexity index is 527. The number of halogens is 1. The van der Waals surface area contributed by atoms with Crippen molar-refractivity contribution in [2.75, 3.05) is 6.54 Å². The van der Waals surface area contributed by atoms with E-state index in [4.69, 9.17) is 11.6 Å². The third kappa shape index (κ3) is 3.38. The first-order chi connectivity index (χ1) is 9.13. The van der Waals surface area contributed by atoms with Gasteiger partial charge in [-0.1, -0.05) is 36.7 Å². The van der Waals surface area contributed by atoms with Crippen molar-refractivity contribution in [3.05, 3.63) is 56.2 Å². The van der Waals surface area contributed by atoms with Crippen LogP contribution in [0.3, 0.4) is 0 Å². The van der Waals surface area contributed by atoms with E-state index in [0.717, 1.165) is 18.0 Å². The molecule has 0 aliphatic rings. The Balaban J connectivity index is 2.29. The molecule has 1 aromatic carbocycles. The van der Waals surface area contributed by atoms with Crippen molar-refractivity contribution in [1.82, 2.24) is 5.32 Å². The van der Waals surface area contributed by atoms with Crippen molar-refractivity contribution in [3.63, 3.8) is 0 Å². The molecular formula is C16H20ClNS. The van der Waals surface area contributed by atoms with Crippen LogP contribution in [-0.4, -0.2) is 6.54 Å². The third-order valence-corrected chi connectivity index (χ3v) is 4.94. The normalized spacial score (nSPS) is 12.6. The van der Waals surface area contributed by atoms with Crippen LogP contribution in [-0.2, 0) is 6.42 Å². The molecule has 19 heavy (non-hydrogen) atoms. The lowest BCUT2D eigenvalue weighted by molar-refractivity contribution is 0.556. The number of rotatable bonds is 5. The fourth-order valence-corrected chi connectivity index (χ4v) is 3.70. The van der Waals surface area contributed by atoms with Crippen LogP contribution in [0.2, 0.25) is 5.02 Å². The summed E-state index contributed by atoms with van der Waals surface area (Å²) in [6, 6.07) is 8.77. The molecule has 2 aromatic rings. The lowest BCUT2D eigenvalue weighted by Crippen LogP contribution is -2.23. The monoisotopic (exact) mass is 293 g/mol. The number of aryl methyl sites for hydroxylation is 2. The van der Waals surface area contributed by atoms with Crippen molar-refractivity contribution < 1.29 is 0 Å². The number of thiophene rings is 1. The fourth-order valence-electron chi connectivity index (χ4n) is 2.43. The molecule has 0 saturated carbocycles. The number of benzene rings is 1. The zero-order chi connectivity index (χ0) is 13.8. The Morgan fingerprint density at radius 2 is 1.89 bits per heavy atom. The second-order valence-electron chi connectivity index (χ2n) is 4.82. The van der Waals surface area contributed by atoms with Gasteiger partial charge in [0.2, 0.25) is 0 Å². The lowest BCUT2D eigenvalue weighted by atomic mass is 9.96. The van der Waals surface area contributed by atoms with E-state index in [1.165, 1.54) is 21.6 Å². The molecule has 0 amide bonds. The average Bonchev–Trinajstić information content (AvgIpc) is 2.79. The van der Waals surface area contributed by atoms with Gasteiger partial charge in [-0.2, -0.15) is 0 Å². The number of likely N-dealkylation sites (N-methyl/N-ethyl adjacent to an activating group) is 1. The fraction of sp³-hybridized carbons (Fsp3) is 0.375. The largest absolute Gasteiger partial charge is 0.309 e. The van der Waals surface area contributed by atoms with E-state index in [1.54, 1.807) is 11.3 Å². The average molecular weight is 294 g/mol. The van der Waals surface area contributed by atoms with E-state index in [0.29, 0.717) is 6.04 Å². The van der Waals surface area contributed by atoms with Crippen LogP contribution in [0, 0.1) is 13.8 Å². The molecule has 1 unspecified atom stereocenters. The molecular weight excluding hydrogens is 274 g/mol. The molecule has 1 aromatic heterocycles. The van der Waals surface area contributed by atoms with Gasteiger partial charge in [0.05, 0.1) is 5.02 Å². The maximum absolute atomic E-state index is 6.29. The van der Waals surface area contributed by atoms with E-state index in [2.05, 4.69) is 49.7 Å². The standard InChI is InChI=1S/C16H20ClNS/c1-4-18-15(16-14(17)8-9-19-16)10-13-11(2)6-5-7-12(13)3/h5-9,15,18H,4,10H2,1-3H3. The summed E-state index contributed by atoms with van der Waals surface area (Å²) in [6.07, 6.45) is 0.993. The maximum Gasteiger partial charge on any atom is 0.0561 e. The maximum atomic E-state index is 6.29. The summed E-state index contributed by atoms with van der Waals surface area (Å²) in [6.45, 7) is 7.45. The van der Waals surface area contributed by atoms with E-state index in [-0.39, 0.29) is 0 Å². The minimum Gasteiger partial charge on any atom is -0.309 e. The Morgan fingerprint density at radius 3 is 2.42 bits per heavy atom. The summed E-state index contributed by atoms with van der Waals surface area (Å²) in [5.74, 6) is 0. The highest BCUT2D eigenvalue weighted by molar-refractivity contribution is 7.10. The molecule has 0 saturated heterocycles. The molecule has 3 heteroatoms. The third-order valence-electron chi connectivity index (χ3n) is 3.46. The van der Waals surface area contributed by atoms with Gasteiger partial charge in [0.1, 0.15) is 0 Å². The molecule has 0 bridgehead atoms. The minimum atomic E-state index is 0.303. The zero-order valence-corrected chi connectivity index (χ0v) is 13.2. The highest BCUT2D eigenvalue weighted by Gasteiger charge is 2.17. The van der Waals surface area contributed by atoms with Crippen molar-refractivity contribution in [3.8, 4) is 0 Å². The van der Waals surface area contributed by atoms with Crippen molar-refractivity contribution >= 4 is 22.9 Å². The van der Waals surface area contributed by atoms with Crippen LogP contribution >= 0.6 is 22.9 Å². The molecule has 1 N–H and O–H groups in total. The number of nitrogens with one attached hydrogen (secondary N) is 1. The predicted octanol–water partition coefficient (Wildman–Crippen LogP) is 4.91. The minimum absolute atomic E-state index is 0.303. The Kier molecular flexibility index (Phi) is 5.03. The Labute approximate surface area is 124 Å². The Hall–Kier alpha value is -0.830. The van der Waals surface area contributed by atoms with Crippen LogP contribution < -0.4 is 5.32 Å². The van der Waals surface area contributed by atoms with E-state index >= 15 is 0 Å². The second-order valence-corrected chi connectivity index (χ2v) is 6.17. The molecule has 0 radical (unpaired) electrons. The summed E-state index contributed by atoms with van der Waals surface area (Å²) >= 11 is 8.02. The van der Waals surface area contributed by atoms with E-state index in [1.807, 2.05) is 6.07 Å². The summed E-state index contributed by atoms with van der Waals surface area (Å²) < 4.78 is 0. The summed E-state index contributed by atoms with van der Waals surface area (Å²) in [5, 5.41) is 6.49. The molecule has 0 aliphatic carbocycles. The van der Waals surface area contributed by atoms with Crippen LogP contribution in [0.1, 0.15) is 34.5 Å². The van der Waals surface area contributed by atoms with Crippen LogP contribution in [0.5, 0.6) is 0 Å². The van der Waals surface area contributed by atoms with Gasteiger partial charge in [-0.15, -0.1) is 11.3 Å². The molecule has 0 fully saturated rings. The summed E-state index contributed by atoms with van der Waals surface area (Å²) in [4.78, 5) is 1.24. The summed E-state index contributed by atoms with van der Waals surface area (Å²) in [5.41, 5.74) is 4.14. The quantitative estimate of drug-likeness (QED) is 0.826. The first kappa shape index (κ1) is 14.6. The van der Waals surface area contributed by atoms with Gasteiger partial charge in [0.25, 0.3) is 0 Å². The van der Waals surface area contributed by atoms with Gasteiger partial charge in [-0.05, 0) is 54.9 Å². The van der Waals surface area contributed by atoms with Gasteiger partial charge >= 0.3 is 0 Å². The summed E-state index contributed by atoms with van der Waals surface area (Å²) in [7, 11) is 0. The lowest BCUT2D eigenvalue weighted by Gasteiger charge is -2.20. The molecule has 0 aliphatic heterocycles. The second kappa shape index (κ2) is 6.56. The molecule has 1 atom stereocenters. The topological polar surface area (TPSA) is 12.0 Å². The van der Waals surface area contributed by atoms with Crippen LogP contribution in [0.15, 0.2) is 29.6 Å². The van der Waals surface area contributed by atoms with Gasteiger partial charge in [0.15, 0.2) is 0 Å². The molecule has 1 heterocycles. The van der Waals surface area contributed by atoms with Gasteiger partial charge in [-0.25, -0.2) is 0 Å². The van der Waals surface area contributed by atoms with Crippen LogP contribution in [0.4, 0.5) is 0 Å². The predicted molar refractivity (Wildman–Crippen MR) is 85.4 cm³/mol. The highest BCUT2D eigenvalue weighted by Crippen LogP contribution is 2.32. The molecule has 0 spiro atoms. The first-order valence-electron chi connectivity index (χ1n) is 6.64. The smallest absolute Gasteiger partial charge is 0.0561 e. The highest BCUT2D eigenvalue weighted by atomic mass is 35.5. The van der Waals surface area contributed by atoms with Gasteiger partial charge in [-0.3, -0.25) is 0 Å². The van der Waals surface area contributed by atoms with Gasteiger partial charge in [0, 0.05) is 10.9 Å². The Morgan fingerprint density at radius 1 is 1.21 bits per heavy atom. The van der Waals surface area contributed by atoms with Crippen molar-refractivity contribution in [2.24, 2.45) is 0 Å². The SMILES string of the molecule is CCNC(Cc1c(C)cccc1C)c1sccc1Cl. The zero-order valence-electron chi connectivity index (χ0n) is 11.7. The van der Waals surface area contributed by atoms with Gasteiger partial charge < -0.3 is 5.32 Å². The van der Waals surface area contributed by atoms with Crippen molar-refractivity contribution in [2.45, 2.75) is 33.2 Å². The molecule has 102 valence electrons. The van der Waals surface area contributed by atoms with E-state index < -0.39 is 0 Å². The van der Waals surface area contributed by atoms with Crippen molar-refractivity contribution in [1.29, 1.82) is 0 Å². The van der Waals surface area contributed by atoms with Crippen LogP contribution in [0.25, 0.3) is 0 Å². The molecule has 2 rings (SSSR count). The molecule has 1 nitrogen and oxygen atoms in total. The first-order valence-corrected chi connectivity index (χ1v) is 7.90.